The van der Waals surface area contributed by atoms with Crippen molar-refractivity contribution in [3.63, 3.8) is 0 Å². The number of nitrogens with two attached hydrogens (primary N) is 1. The molecule has 20 heavy (non-hydrogen) atoms. The van der Waals surface area contributed by atoms with Crippen LogP contribution >= 0.6 is 11.3 Å². The number of aryl methyl sites for hydroxylation is 1. The van der Waals surface area contributed by atoms with Crippen LogP contribution in [-0.4, -0.2) is 16.9 Å². The molecule has 0 saturated carbocycles. The normalized spacial score (nSPS) is 13.8. The zero-order valence-corrected chi connectivity index (χ0v) is 12.5. The predicted octanol–water partition coefficient (Wildman–Crippen LogP) is 2.20. The summed E-state index contributed by atoms with van der Waals surface area (Å²) >= 11 is 1.59. The average Bonchev–Trinajstić information content (AvgIpc) is 2.86. The summed E-state index contributed by atoms with van der Waals surface area (Å²) in [5.74, 6) is -0.144. The number of aromatic nitrogens is 1. The molecule has 0 aliphatic carbocycles. The zero-order chi connectivity index (χ0) is 14.5. The Hall–Kier alpha value is -1.72. The number of hydrogen-bond donors (Lipinski definition) is 2. The van der Waals surface area contributed by atoms with Gasteiger partial charge in [0.25, 0.3) is 0 Å². The monoisotopic (exact) mass is 289 g/mol. The highest BCUT2D eigenvalue weighted by Gasteiger charge is 2.18. The van der Waals surface area contributed by atoms with Crippen LogP contribution in [0.1, 0.15) is 28.4 Å². The molecular formula is C15H19N3OS. The summed E-state index contributed by atoms with van der Waals surface area (Å²) in [6, 6.07) is 9.13. The SMILES string of the molecule is Cc1cnc(C(C)NC(=O)C(N)Cc2ccccc2)s1. The minimum atomic E-state index is -0.541. The predicted molar refractivity (Wildman–Crippen MR) is 81.5 cm³/mol. The van der Waals surface area contributed by atoms with E-state index in [2.05, 4.69) is 10.3 Å². The molecule has 1 heterocycles. The van der Waals surface area contributed by atoms with Gasteiger partial charge in [-0.15, -0.1) is 11.3 Å². The maximum absolute atomic E-state index is 12.1. The molecule has 0 aliphatic heterocycles. The summed E-state index contributed by atoms with van der Waals surface area (Å²) in [6.45, 7) is 3.92. The molecule has 0 spiro atoms. The van der Waals surface area contributed by atoms with Crippen molar-refractivity contribution >= 4 is 17.2 Å². The van der Waals surface area contributed by atoms with Crippen molar-refractivity contribution in [2.24, 2.45) is 5.73 Å². The van der Waals surface area contributed by atoms with E-state index in [4.69, 9.17) is 5.73 Å². The second kappa shape index (κ2) is 6.63. The van der Waals surface area contributed by atoms with Crippen LogP contribution in [0.4, 0.5) is 0 Å². The van der Waals surface area contributed by atoms with Crippen molar-refractivity contribution < 1.29 is 4.79 Å². The number of carbonyl (C=O) groups excluding carboxylic acids is 1. The number of thiazole rings is 1. The summed E-state index contributed by atoms with van der Waals surface area (Å²) in [7, 11) is 0. The Labute approximate surface area is 123 Å². The fourth-order valence-electron chi connectivity index (χ4n) is 1.92. The van der Waals surface area contributed by atoms with Crippen molar-refractivity contribution in [1.82, 2.24) is 10.3 Å². The first-order valence-corrected chi connectivity index (χ1v) is 7.40. The molecule has 0 radical (unpaired) electrons. The van der Waals surface area contributed by atoms with Gasteiger partial charge >= 0.3 is 0 Å². The zero-order valence-electron chi connectivity index (χ0n) is 11.7. The van der Waals surface area contributed by atoms with Crippen molar-refractivity contribution in [3.05, 3.63) is 52.0 Å². The molecule has 5 heteroatoms. The summed E-state index contributed by atoms with van der Waals surface area (Å²) in [5, 5.41) is 3.82. The van der Waals surface area contributed by atoms with Gasteiger partial charge in [-0.05, 0) is 25.8 Å². The van der Waals surface area contributed by atoms with Gasteiger partial charge < -0.3 is 11.1 Å². The third-order valence-corrected chi connectivity index (χ3v) is 4.10. The van der Waals surface area contributed by atoms with Crippen LogP contribution in [0, 0.1) is 6.92 Å². The number of hydrogen-bond acceptors (Lipinski definition) is 4. The summed E-state index contributed by atoms with van der Waals surface area (Å²) < 4.78 is 0. The molecule has 2 atom stereocenters. The summed E-state index contributed by atoms with van der Waals surface area (Å²) in [5.41, 5.74) is 7.01. The van der Waals surface area contributed by atoms with Gasteiger partial charge in [-0.1, -0.05) is 30.3 Å². The second-order valence-electron chi connectivity index (χ2n) is 4.84. The molecule has 1 amide bonds. The van der Waals surface area contributed by atoms with E-state index in [0.29, 0.717) is 6.42 Å². The molecule has 4 nitrogen and oxygen atoms in total. The van der Waals surface area contributed by atoms with E-state index in [1.165, 1.54) is 0 Å². The standard InChI is InChI=1S/C15H19N3OS/c1-10-9-17-15(20-10)11(2)18-14(19)13(16)8-12-6-4-3-5-7-12/h3-7,9,11,13H,8,16H2,1-2H3,(H,18,19). The Morgan fingerprint density at radius 1 is 1.40 bits per heavy atom. The number of benzene rings is 1. The maximum atomic E-state index is 12.1. The lowest BCUT2D eigenvalue weighted by Crippen LogP contribution is -2.42. The first-order chi connectivity index (χ1) is 9.56. The average molecular weight is 289 g/mol. The lowest BCUT2D eigenvalue weighted by Gasteiger charge is -2.16. The molecule has 0 aliphatic rings. The fourth-order valence-corrected chi connectivity index (χ4v) is 2.69. The Morgan fingerprint density at radius 3 is 2.70 bits per heavy atom. The van der Waals surface area contributed by atoms with Crippen molar-refractivity contribution in [2.75, 3.05) is 0 Å². The Bertz CT molecular complexity index is 568. The highest BCUT2D eigenvalue weighted by molar-refractivity contribution is 7.11. The van der Waals surface area contributed by atoms with Crippen LogP contribution in [0.15, 0.2) is 36.5 Å². The number of rotatable bonds is 5. The van der Waals surface area contributed by atoms with Gasteiger partial charge in [0, 0.05) is 11.1 Å². The van der Waals surface area contributed by atoms with Gasteiger partial charge in [0.1, 0.15) is 5.01 Å². The van der Waals surface area contributed by atoms with E-state index in [-0.39, 0.29) is 11.9 Å². The largest absolute Gasteiger partial charge is 0.346 e. The van der Waals surface area contributed by atoms with Crippen molar-refractivity contribution in [3.8, 4) is 0 Å². The third-order valence-electron chi connectivity index (χ3n) is 3.00. The first kappa shape index (κ1) is 14.7. The second-order valence-corrected chi connectivity index (χ2v) is 6.10. The Kier molecular flexibility index (Phi) is 4.87. The highest BCUT2D eigenvalue weighted by Crippen LogP contribution is 2.18. The highest BCUT2D eigenvalue weighted by atomic mass is 32.1. The van der Waals surface area contributed by atoms with Gasteiger partial charge in [0.05, 0.1) is 12.1 Å². The van der Waals surface area contributed by atoms with Gasteiger partial charge in [-0.3, -0.25) is 4.79 Å². The maximum Gasteiger partial charge on any atom is 0.237 e. The van der Waals surface area contributed by atoms with E-state index in [9.17, 15) is 4.79 Å². The molecule has 106 valence electrons. The molecule has 0 saturated heterocycles. The summed E-state index contributed by atoms with van der Waals surface area (Å²) in [6.07, 6.45) is 2.35. The lowest BCUT2D eigenvalue weighted by atomic mass is 10.1. The van der Waals surface area contributed by atoms with Crippen molar-refractivity contribution in [1.29, 1.82) is 0 Å². The van der Waals surface area contributed by atoms with E-state index in [0.717, 1.165) is 15.4 Å². The molecule has 0 fully saturated rings. The van der Waals surface area contributed by atoms with Gasteiger partial charge in [-0.25, -0.2) is 4.98 Å². The van der Waals surface area contributed by atoms with Crippen LogP contribution in [0.2, 0.25) is 0 Å². The molecular weight excluding hydrogens is 270 g/mol. The molecule has 1 aromatic heterocycles. The van der Waals surface area contributed by atoms with Gasteiger partial charge in [0.2, 0.25) is 5.91 Å². The topological polar surface area (TPSA) is 68.0 Å². The minimum Gasteiger partial charge on any atom is -0.346 e. The van der Waals surface area contributed by atoms with Crippen LogP contribution in [0.5, 0.6) is 0 Å². The quantitative estimate of drug-likeness (QED) is 0.886. The molecule has 1 aromatic carbocycles. The van der Waals surface area contributed by atoms with E-state index < -0.39 is 6.04 Å². The van der Waals surface area contributed by atoms with E-state index in [1.54, 1.807) is 11.3 Å². The van der Waals surface area contributed by atoms with Crippen LogP contribution in [-0.2, 0) is 11.2 Å². The molecule has 2 rings (SSSR count). The smallest absolute Gasteiger partial charge is 0.237 e. The van der Waals surface area contributed by atoms with E-state index >= 15 is 0 Å². The van der Waals surface area contributed by atoms with Crippen LogP contribution in [0.3, 0.4) is 0 Å². The minimum absolute atomic E-state index is 0.108. The third kappa shape index (κ3) is 3.88. The molecule has 2 unspecified atom stereocenters. The molecule has 2 aromatic rings. The fraction of sp³-hybridized carbons (Fsp3) is 0.333. The Morgan fingerprint density at radius 2 is 2.10 bits per heavy atom. The lowest BCUT2D eigenvalue weighted by molar-refractivity contribution is -0.123. The van der Waals surface area contributed by atoms with E-state index in [1.807, 2.05) is 50.4 Å². The van der Waals surface area contributed by atoms with Crippen molar-refractivity contribution in [2.45, 2.75) is 32.4 Å². The molecule has 3 N–H and O–H groups in total. The Balaban J connectivity index is 1.91. The van der Waals surface area contributed by atoms with Crippen LogP contribution < -0.4 is 11.1 Å². The number of nitrogens with zero attached hydrogens (tertiary/aromatic N) is 1. The summed E-state index contributed by atoms with van der Waals surface area (Å²) in [4.78, 5) is 17.5. The number of nitrogens with one attached hydrogen (secondary N) is 1. The molecule has 0 bridgehead atoms. The number of amides is 1. The first-order valence-electron chi connectivity index (χ1n) is 6.58. The van der Waals surface area contributed by atoms with Crippen LogP contribution in [0.25, 0.3) is 0 Å². The van der Waals surface area contributed by atoms with Gasteiger partial charge in [0.15, 0.2) is 0 Å². The number of carbonyl (C=O) groups is 1. The van der Waals surface area contributed by atoms with Gasteiger partial charge in [-0.2, -0.15) is 0 Å².